The van der Waals surface area contributed by atoms with Gasteiger partial charge in [0.15, 0.2) is 5.82 Å². The molecule has 0 radical (unpaired) electrons. The maximum Gasteiger partial charge on any atom is 0.308 e. The number of carboxylic acid groups (broad SMARTS) is 1. The zero-order valence-corrected chi connectivity index (χ0v) is 8.21. The first kappa shape index (κ1) is 10.4. The summed E-state index contributed by atoms with van der Waals surface area (Å²) in [6.45, 7) is 2.09. The summed E-state index contributed by atoms with van der Waals surface area (Å²) in [5.41, 5.74) is 0. The lowest BCUT2D eigenvalue weighted by atomic mass is 10.2. The number of nitrogens with zero attached hydrogens (tertiary/aromatic N) is 3. The van der Waals surface area contributed by atoms with E-state index in [-0.39, 0.29) is 0 Å². The Balaban J connectivity index is 2.59. The number of rotatable bonds is 4. The van der Waals surface area contributed by atoms with Gasteiger partial charge in [-0.3, -0.25) is 4.79 Å². The minimum absolute atomic E-state index is 0.415. The molecule has 0 aliphatic rings. The van der Waals surface area contributed by atoms with E-state index in [1.807, 2.05) is 0 Å². The molecule has 0 amide bonds. The largest absolute Gasteiger partial charge is 0.481 e. The standard InChI is InChI=1S/C9H13N3O2/c1-7(9(13)14)6-12(2)8-4-3-5-10-11-8/h3-5,7H,6H2,1-2H3,(H,13,14). The van der Waals surface area contributed by atoms with Crippen LogP contribution in [-0.2, 0) is 4.79 Å². The van der Waals surface area contributed by atoms with Crippen LogP contribution in [0.1, 0.15) is 6.92 Å². The van der Waals surface area contributed by atoms with Gasteiger partial charge in [0.1, 0.15) is 0 Å². The van der Waals surface area contributed by atoms with E-state index >= 15 is 0 Å². The van der Waals surface area contributed by atoms with Crippen molar-refractivity contribution < 1.29 is 9.90 Å². The van der Waals surface area contributed by atoms with Crippen molar-refractivity contribution >= 4 is 11.8 Å². The molecule has 1 rings (SSSR count). The summed E-state index contributed by atoms with van der Waals surface area (Å²) in [4.78, 5) is 12.4. The summed E-state index contributed by atoms with van der Waals surface area (Å²) in [7, 11) is 1.80. The van der Waals surface area contributed by atoms with E-state index in [2.05, 4.69) is 10.2 Å². The number of hydrogen-bond donors (Lipinski definition) is 1. The van der Waals surface area contributed by atoms with E-state index < -0.39 is 11.9 Å². The highest BCUT2D eigenvalue weighted by atomic mass is 16.4. The van der Waals surface area contributed by atoms with E-state index in [1.165, 1.54) is 0 Å². The summed E-state index contributed by atoms with van der Waals surface area (Å²) in [5.74, 6) is -0.539. The third-order valence-corrected chi connectivity index (χ3v) is 1.92. The van der Waals surface area contributed by atoms with Gasteiger partial charge in [0.05, 0.1) is 5.92 Å². The van der Waals surface area contributed by atoms with Gasteiger partial charge in [-0.25, -0.2) is 0 Å². The Morgan fingerprint density at radius 2 is 2.43 bits per heavy atom. The van der Waals surface area contributed by atoms with Gasteiger partial charge in [-0.2, -0.15) is 5.10 Å². The molecule has 1 N–H and O–H groups in total. The molecule has 1 atom stereocenters. The lowest BCUT2D eigenvalue weighted by molar-refractivity contribution is -0.140. The fourth-order valence-corrected chi connectivity index (χ4v) is 1.08. The monoisotopic (exact) mass is 195 g/mol. The molecule has 0 saturated heterocycles. The van der Waals surface area contributed by atoms with E-state index in [4.69, 9.17) is 5.11 Å². The number of hydrogen-bond acceptors (Lipinski definition) is 4. The molecule has 1 heterocycles. The van der Waals surface area contributed by atoms with Crippen molar-refractivity contribution in [3.8, 4) is 0 Å². The predicted octanol–water partition coefficient (Wildman–Crippen LogP) is 0.633. The molecular formula is C9H13N3O2. The zero-order chi connectivity index (χ0) is 10.6. The Bertz CT molecular complexity index is 302. The van der Waals surface area contributed by atoms with Crippen molar-refractivity contribution in [3.05, 3.63) is 18.3 Å². The Kier molecular flexibility index (Phi) is 3.39. The smallest absolute Gasteiger partial charge is 0.308 e. The molecule has 1 unspecified atom stereocenters. The maximum absolute atomic E-state index is 10.6. The normalized spacial score (nSPS) is 12.1. The molecule has 0 bridgehead atoms. The Morgan fingerprint density at radius 3 is 2.93 bits per heavy atom. The summed E-state index contributed by atoms with van der Waals surface area (Å²) in [5, 5.41) is 16.3. The van der Waals surface area contributed by atoms with Crippen LogP contribution in [0.15, 0.2) is 18.3 Å². The van der Waals surface area contributed by atoms with Crippen molar-refractivity contribution in [3.63, 3.8) is 0 Å². The first-order valence-corrected chi connectivity index (χ1v) is 4.33. The molecule has 0 aliphatic carbocycles. The Hall–Kier alpha value is -1.65. The summed E-state index contributed by atoms with van der Waals surface area (Å²) in [6, 6.07) is 3.56. The molecule has 0 aliphatic heterocycles. The van der Waals surface area contributed by atoms with Crippen LogP contribution in [-0.4, -0.2) is 34.9 Å². The Labute approximate surface area is 82.4 Å². The zero-order valence-electron chi connectivity index (χ0n) is 8.21. The highest BCUT2D eigenvalue weighted by Gasteiger charge is 2.14. The molecule has 1 aromatic rings. The first-order chi connectivity index (χ1) is 6.61. The van der Waals surface area contributed by atoms with Gasteiger partial charge < -0.3 is 10.0 Å². The number of anilines is 1. The van der Waals surface area contributed by atoms with Crippen molar-refractivity contribution in [2.75, 3.05) is 18.5 Å². The molecule has 1 aromatic heterocycles. The fourth-order valence-electron chi connectivity index (χ4n) is 1.08. The average Bonchev–Trinajstić information content (AvgIpc) is 2.19. The molecule has 5 nitrogen and oxygen atoms in total. The number of aromatic nitrogens is 2. The minimum Gasteiger partial charge on any atom is -0.481 e. The maximum atomic E-state index is 10.6. The second-order valence-corrected chi connectivity index (χ2v) is 3.20. The van der Waals surface area contributed by atoms with Crippen LogP contribution in [0, 0.1) is 5.92 Å². The Morgan fingerprint density at radius 1 is 1.71 bits per heavy atom. The van der Waals surface area contributed by atoms with Gasteiger partial charge in [0, 0.05) is 19.8 Å². The van der Waals surface area contributed by atoms with Crippen LogP contribution in [0.25, 0.3) is 0 Å². The fraction of sp³-hybridized carbons (Fsp3) is 0.444. The van der Waals surface area contributed by atoms with Gasteiger partial charge in [0.25, 0.3) is 0 Å². The lowest BCUT2D eigenvalue weighted by Crippen LogP contribution is -2.29. The number of carboxylic acids is 1. The van der Waals surface area contributed by atoms with Crippen LogP contribution in [0.3, 0.4) is 0 Å². The third kappa shape index (κ3) is 2.69. The SMILES string of the molecule is CC(CN(C)c1cccnn1)C(=O)O. The van der Waals surface area contributed by atoms with Crippen LogP contribution in [0.5, 0.6) is 0 Å². The molecular weight excluding hydrogens is 182 g/mol. The summed E-state index contributed by atoms with van der Waals surface area (Å²) in [6.07, 6.45) is 1.58. The van der Waals surface area contributed by atoms with Crippen molar-refractivity contribution in [1.29, 1.82) is 0 Å². The first-order valence-electron chi connectivity index (χ1n) is 4.33. The van der Waals surface area contributed by atoms with Gasteiger partial charge >= 0.3 is 5.97 Å². The quantitative estimate of drug-likeness (QED) is 0.763. The molecule has 0 saturated carbocycles. The van der Waals surface area contributed by atoms with Crippen LogP contribution < -0.4 is 4.90 Å². The minimum atomic E-state index is -0.805. The van der Waals surface area contributed by atoms with Crippen molar-refractivity contribution in [1.82, 2.24) is 10.2 Å². The van der Waals surface area contributed by atoms with Crippen LogP contribution >= 0.6 is 0 Å². The topological polar surface area (TPSA) is 66.3 Å². The number of aliphatic carboxylic acids is 1. The lowest BCUT2D eigenvalue weighted by Gasteiger charge is -2.19. The second-order valence-electron chi connectivity index (χ2n) is 3.20. The van der Waals surface area contributed by atoms with E-state index in [0.29, 0.717) is 12.4 Å². The van der Waals surface area contributed by atoms with Gasteiger partial charge in [-0.15, -0.1) is 5.10 Å². The molecule has 5 heteroatoms. The van der Waals surface area contributed by atoms with Crippen molar-refractivity contribution in [2.45, 2.75) is 6.92 Å². The van der Waals surface area contributed by atoms with Crippen molar-refractivity contribution in [2.24, 2.45) is 5.92 Å². The molecule has 0 aromatic carbocycles. The average molecular weight is 195 g/mol. The molecule has 14 heavy (non-hydrogen) atoms. The van der Waals surface area contributed by atoms with E-state index in [9.17, 15) is 4.79 Å². The second kappa shape index (κ2) is 4.55. The third-order valence-electron chi connectivity index (χ3n) is 1.92. The van der Waals surface area contributed by atoms with E-state index in [0.717, 1.165) is 0 Å². The van der Waals surface area contributed by atoms with Crippen LogP contribution in [0.4, 0.5) is 5.82 Å². The molecule has 0 fully saturated rings. The highest BCUT2D eigenvalue weighted by molar-refractivity contribution is 5.70. The summed E-state index contributed by atoms with van der Waals surface area (Å²) < 4.78 is 0. The van der Waals surface area contributed by atoms with E-state index in [1.54, 1.807) is 37.2 Å². The molecule has 76 valence electrons. The van der Waals surface area contributed by atoms with Gasteiger partial charge in [0.2, 0.25) is 0 Å². The van der Waals surface area contributed by atoms with Gasteiger partial charge in [-0.05, 0) is 12.1 Å². The predicted molar refractivity (Wildman–Crippen MR) is 52.1 cm³/mol. The highest BCUT2D eigenvalue weighted by Crippen LogP contribution is 2.08. The molecule has 0 spiro atoms. The summed E-state index contributed by atoms with van der Waals surface area (Å²) >= 11 is 0. The number of carbonyl (C=O) groups is 1. The van der Waals surface area contributed by atoms with Gasteiger partial charge in [-0.1, -0.05) is 6.92 Å². The van der Waals surface area contributed by atoms with Crippen LogP contribution in [0.2, 0.25) is 0 Å².